The smallest absolute Gasteiger partial charge is 0.150 e. The molecule has 0 bridgehead atoms. The summed E-state index contributed by atoms with van der Waals surface area (Å²) in [6.45, 7) is 3.92. The van der Waals surface area contributed by atoms with Crippen LogP contribution in [-0.2, 0) is 9.84 Å². The van der Waals surface area contributed by atoms with Crippen molar-refractivity contribution in [1.29, 1.82) is 0 Å². The summed E-state index contributed by atoms with van der Waals surface area (Å²) in [7, 11) is -2.96. The molecule has 2 N–H and O–H groups in total. The van der Waals surface area contributed by atoms with E-state index in [4.69, 9.17) is 0 Å². The van der Waals surface area contributed by atoms with Gasteiger partial charge in [0.25, 0.3) is 0 Å². The van der Waals surface area contributed by atoms with Crippen molar-refractivity contribution in [2.24, 2.45) is 17.3 Å². The molecule has 1 aliphatic rings. The number of aliphatic hydroxyl groups excluding tert-OH is 2. The summed E-state index contributed by atoms with van der Waals surface area (Å²) in [5.41, 5.74) is -0.617. The van der Waals surface area contributed by atoms with Gasteiger partial charge in [0.15, 0.2) is 9.84 Å². The summed E-state index contributed by atoms with van der Waals surface area (Å²) in [5, 5.41) is 19.1. The Morgan fingerprint density at radius 2 is 1.88 bits per heavy atom. The molecular weight excluding hydrogens is 240 g/mol. The normalized spacial score (nSPS) is 24.4. The minimum absolute atomic E-state index is 0.0961. The van der Waals surface area contributed by atoms with E-state index in [-0.39, 0.29) is 30.6 Å². The molecule has 0 amide bonds. The molecule has 102 valence electrons. The molecule has 1 atom stereocenters. The maximum Gasteiger partial charge on any atom is 0.150 e. The van der Waals surface area contributed by atoms with E-state index in [9.17, 15) is 18.6 Å². The van der Waals surface area contributed by atoms with Crippen molar-refractivity contribution in [3.8, 4) is 0 Å². The van der Waals surface area contributed by atoms with Crippen LogP contribution in [0.4, 0.5) is 0 Å². The van der Waals surface area contributed by atoms with Crippen LogP contribution >= 0.6 is 0 Å². The molecule has 17 heavy (non-hydrogen) atoms. The first-order valence-corrected chi connectivity index (χ1v) is 8.09. The molecule has 0 aromatic heterocycles. The second-order valence-corrected chi connectivity index (χ2v) is 7.94. The van der Waals surface area contributed by atoms with Gasteiger partial charge in [-0.2, -0.15) is 0 Å². The van der Waals surface area contributed by atoms with Crippen molar-refractivity contribution in [1.82, 2.24) is 0 Å². The maximum absolute atomic E-state index is 11.5. The highest BCUT2D eigenvalue weighted by Gasteiger charge is 2.43. The van der Waals surface area contributed by atoms with Gasteiger partial charge in [-0.05, 0) is 24.7 Å². The zero-order valence-electron chi connectivity index (χ0n) is 10.7. The Morgan fingerprint density at radius 1 is 1.29 bits per heavy atom. The van der Waals surface area contributed by atoms with E-state index < -0.39 is 15.3 Å². The molecule has 0 radical (unpaired) electrons. The van der Waals surface area contributed by atoms with Gasteiger partial charge in [0.05, 0.1) is 24.7 Å². The monoisotopic (exact) mass is 264 g/mol. The number of rotatable bonds is 6. The molecule has 0 aromatic rings. The first-order chi connectivity index (χ1) is 7.85. The van der Waals surface area contributed by atoms with Crippen LogP contribution in [0.1, 0.15) is 33.1 Å². The first kappa shape index (κ1) is 14.9. The predicted molar refractivity (Wildman–Crippen MR) is 67.4 cm³/mol. The Kier molecular flexibility index (Phi) is 4.98. The Hall–Kier alpha value is -0.130. The van der Waals surface area contributed by atoms with Crippen molar-refractivity contribution in [2.45, 2.75) is 33.1 Å². The van der Waals surface area contributed by atoms with Crippen LogP contribution in [0.25, 0.3) is 0 Å². The number of sulfone groups is 1. The fourth-order valence-corrected chi connectivity index (χ4v) is 4.47. The average Bonchev–Trinajstić information content (AvgIpc) is 2.61. The fraction of sp³-hybridized carbons (Fsp3) is 1.00. The third kappa shape index (κ3) is 3.66. The van der Waals surface area contributed by atoms with Gasteiger partial charge < -0.3 is 10.2 Å². The number of hydrogen-bond donors (Lipinski definition) is 2. The van der Waals surface area contributed by atoms with Crippen molar-refractivity contribution >= 4 is 9.84 Å². The van der Waals surface area contributed by atoms with Gasteiger partial charge >= 0.3 is 0 Å². The summed E-state index contributed by atoms with van der Waals surface area (Å²) >= 11 is 0. The van der Waals surface area contributed by atoms with Crippen LogP contribution in [0.3, 0.4) is 0 Å². The van der Waals surface area contributed by atoms with E-state index in [1.807, 2.05) is 0 Å². The van der Waals surface area contributed by atoms with Crippen LogP contribution in [-0.4, -0.2) is 43.4 Å². The molecule has 0 saturated carbocycles. The largest absolute Gasteiger partial charge is 0.396 e. The zero-order chi connectivity index (χ0) is 13.1. The van der Waals surface area contributed by atoms with Crippen LogP contribution in [0.2, 0.25) is 0 Å². The van der Waals surface area contributed by atoms with Crippen molar-refractivity contribution < 1.29 is 18.6 Å². The van der Waals surface area contributed by atoms with Crippen molar-refractivity contribution in [3.05, 3.63) is 0 Å². The summed E-state index contributed by atoms with van der Waals surface area (Å²) in [5.74, 6) is 0.708. The summed E-state index contributed by atoms with van der Waals surface area (Å²) < 4.78 is 23.0. The highest BCUT2D eigenvalue weighted by molar-refractivity contribution is 7.91. The molecule has 5 heteroatoms. The highest BCUT2D eigenvalue weighted by Crippen LogP contribution is 2.40. The van der Waals surface area contributed by atoms with Crippen LogP contribution in [0.5, 0.6) is 0 Å². The lowest BCUT2D eigenvalue weighted by Gasteiger charge is -2.36. The lowest BCUT2D eigenvalue weighted by atomic mass is 9.72. The van der Waals surface area contributed by atoms with E-state index in [1.54, 1.807) is 0 Å². The standard InChI is InChI=1S/C12H24O4S/c1-10(2)3-5-12(8-13,9-14)11-4-6-17(15,16)7-11/h10-11,13-14H,3-9H2,1-2H3. The molecule has 1 fully saturated rings. The third-order valence-corrected chi connectivity index (χ3v) is 5.72. The Balaban J connectivity index is 2.77. The molecule has 1 saturated heterocycles. The van der Waals surface area contributed by atoms with Gasteiger partial charge in [-0.1, -0.05) is 20.3 Å². The first-order valence-electron chi connectivity index (χ1n) is 6.27. The molecule has 0 aliphatic carbocycles. The molecule has 0 spiro atoms. The van der Waals surface area contributed by atoms with Crippen LogP contribution in [0.15, 0.2) is 0 Å². The van der Waals surface area contributed by atoms with Crippen LogP contribution < -0.4 is 0 Å². The van der Waals surface area contributed by atoms with E-state index >= 15 is 0 Å². The quantitative estimate of drug-likeness (QED) is 0.745. The molecule has 1 aliphatic heterocycles. The van der Waals surface area contributed by atoms with Crippen molar-refractivity contribution in [3.63, 3.8) is 0 Å². The van der Waals surface area contributed by atoms with E-state index in [0.29, 0.717) is 18.8 Å². The van der Waals surface area contributed by atoms with Gasteiger partial charge in [0, 0.05) is 5.41 Å². The number of hydrogen-bond acceptors (Lipinski definition) is 4. The average molecular weight is 264 g/mol. The maximum atomic E-state index is 11.5. The zero-order valence-corrected chi connectivity index (χ0v) is 11.5. The van der Waals surface area contributed by atoms with Gasteiger partial charge in [-0.15, -0.1) is 0 Å². The Morgan fingerprint density at radius 3 is 2.24 bits per heavy atom. The topological polar surface area (TPSA) is 74.6 Å². The summed E-state index contributed by atoms with van der Waals surface area (Å²) in [6.07, 6.45) is 2.16. The lowest BCUT2D eigenvalue weighted by Crippen LogP contribution is -2.39. The number of aliphatic hydroxyl groups is 2. The minimum Gasteiger partial charge on any atom is -0.396 e. The molecule has 1 heterocycles. The molecule has 1 rings (SSSR count). The molecule has 1 unspecified atom stereocenters. The van der Waals surface area contributed by atoms with E-state index in [1.165, 1.54) is 0 Å². The van der Waals surface area contributed by atoms with Gasteiger partial charge in [-0.25, -0.2) is 8.42 Å². The van der Waals surface area contributed by atoms with E-state index in [2.05, 4.69) is 13.8 Å². The Bertz CT molecular complexity index is 330. The molecule has 0 aromatic carbocycles. The fourth-order valence-electron chi connectivity index (χ4n) is 2.52. The molecular formula is C12H24O4S. The van der Waals surface area contributed by atoms with Gasteiger partial charge in [-0.3, -0.25) is 0 Å². The molecule has 4 nitrogen and oxygen atoms in total. The van der Waals surface area contributed by atoms with E-state index in [0.717, 1.165) is 6.42 Å². The lowest BCUT2D eigenvalue weighted by molar-refractivity contribution is 0.00123. The van der Waals surface area contributed by atoms with Gasteiger partial charge in [0.1, 0.15) is 0 Å². The predicted octanol–water partition coefficient (Wildman–Crippen LogP) is 0.828. The van der Waals surface area contributed by atoms with Gasteiger partial charge in [0.2, 0.25) is 0 Å². The second-order valence-electron chi connectivity index (χ2n) is 5.71. The summed E-state index contributed by atoms with van der Waals surface area (Å²) in [4.78, 5) is 0. The highest BCUT2D eigenvalue weighted by atomic mass is 32.2. The Labute approximate surface area is 104 Å². The minimum atomic E-state index is -2.96. The van der Waals surface area contributed by atoms with Crippen LogP contribution in [0, 0.1) is 17.3 Å². The second kappa shape index (κ2) is 5.67. The SMILES string of the molecule is CC(C)CCC(CO)(CO)C1CCS(=O)(=O)C1. The summed E-state index contributed by atoms with van der Waals surface area (Å²) in [6, 6.07) is 0. The third-order valence-electron chi connectivity index (χ3n) is 3.95. The van der Waals surface area contributed by atoms with Crippen molar-refractivity contribution in [2.75, 3.05) is 24.7 Å².